The molecule has 0 bridgehead atoms. The highest BCUT2D eigenvalue weighted by Crippen LogP contribution is 2.09. The van der Waals surface area contributed by atoms with E-state index < -0.39 is 0 Å². The average molecular weight is 241 g/mol. The molecule has 0 saturated carbocycles. The molecular weight excluding hydrogens is 222 g/mol. The van der Waals surface area contributed by atoms with Crippen LogP contribution in [0.25, 0.3) is 0 Å². The molecule has 0 aliphatic carbocycles. The summed E-state index contributed by atoms with van der Waals surface area (Å²) in [6.07, 6.45) is 0.361. The Balaban J connectivity index is 1.70. The SMILES string of the molecule is CN1CCOC(CNC(=O)C2CNC(=O)C2)C1. The normalized spacial score (nSPS) is 30.1. The number of carbonyl (C=O) groups is 2. The molecule has 2 aliphatic rings. The minimum Gasteiger partial charge on any atom is -0.374 e. The van der Waals surface area contributed by atoms with Crippen molar-refractivity contribution in [1.82, 2.24) is 15.5 Å². The Morgan fingerprint density at radius 3 is 3.12 bits per heavy atom. The minimum atomic E-state index is -0.219. The molecule has 2 atom stereocenters. The van der Waals surface area contributed by atoms with Gasteiger partial charge in [-0.3, -0.25) is 9.59 Å². The Morgan fingerprint density at radius 1 is 1.65 bits per heavy atom. The third kappa shape index (κ3) is 3.41. The molecule has 6 heteroatoms. The lowest BCUT2D eigenvalue weighted by atomic mass is 10.1. The summed E-state index contributed by atoms with van der Waals surface area (Å²) in [7, 11) is 2.04. The van der Waals surface area contributed by atoms with E-state index in [2.05, 4.69) is 15.5 Å². The van der Waals surface area contributed by atoms with Gasteiger partial charge in [-0.1, -0.05) is 0 Å². The lowest BCUT2D eigenvalue weighted by molar-refractivity contribution is -0.127. The van der Waals surface area contributed by atoms with Gasteiger partial charge in [0.1, 0.15) is 0 Å². The number of ether oxygens (including phenoxy) is 1. The molecule has 17 heavy (non-hydrogen) atoms. The van der Waals surface area contributed by atoms with Crippen LogP contribution >= 0.6 is 0 Å². The zero-order valence-electron chi connectivity index (χ0n) is 10.1. The lowest BCUT2D eigenvalue weighted by Crippen LogP contribution is -2.47. The summed E-state index contributed by atoms with van der Waals surface area (Å²) in [6.45, 7) is 3.46. The number of hydrogen-bond donors (Lipinski definition) is 2. The van der Waals surface area contributed by atoms with Crippen molar-refractivity contribution in [3.63, 3.8) is 0 Å². The van der Waals surface area contributed by atoms with Crippen LogP contribution in [0.4, 0.5) is 0 Å². The van der Waals surface area contributed by atoms with Gasteiger partial charge >= 0.3 is 0 Å². The van der Waals surface area contributed by atoms with Gasteiger partial charge in [-0.15, -0.1) is 0 Å². The molecule has 2 N–H and O–H groups in total. The van der Waals surface area contributed by atoms with Crippen LogP contribution < -0.4 is 10.6 Å². The van der Waals surface area contributed by atoms with E-state index in [0.717, 1.165) is 13.1 Å². The molecule has 2 aliphatic heterocycles. The second kappa shape index (κ2) is 5.46. The van der Waals surface area contributed by atoms with E-state index in [9.17, 15) is 9.59 Å². The molecule has 2 fully saturated rings. The average Bonchev–Trinajstić information content (AvgIpc) is 2.73. The van der Waals surface area contributed by atoms with Crippen molar-refractivity contribution < 1.29 is 14.3 Å². The van der Waals surface area contributed by atoms with Gasteiger partial charge in [0.25, 0.3) is 0 Å². The number of carbonyl (C=O) groups excluding carboxylic acids is 2. The molecule has 0 aromatic rings. The van der Waals surface area contributed by atoms with E-state index in [1.807, 2.05) is 7.05 Å². The standard InChI is InChI=1S/C11H19N3O3/c1-14-2-3-17-9(7-14)6-13-11(16)8-4-10(15)12-5-8/h8-9H,2-7H2,1H3,(H,12,15)(H,13,16). The number of morpholine rings is 1. The molecule has 0 radical (unpaired) electrons. The Bertz CT molecular complexity index is 308. The minimum absolute atomic E-state index is 0.0428. The maximum Gasteiger partial charge on any atom is 0.225 e. The Kier molecular flexibility index (Phi) is 3.96. The van der Waals surface area contributed by atoms with E-state index in [4.69, 9.17) is 4.74 Å². The van der Waals surface area contributed by atoms with Gasteiger partial charge in [0, 0.05) is 32.6 Å². The highest BCUT2D eigenvalue weighted by Gasteiger charge is 2.28. The van der Waals surface area contributed by atoms with Crippen molar-refractivity contribution in [3.05, 3.63) is 0 Å². The summed E-state index contributed by atoms with van der Waals surface area (Å²) in [5, 5.41) is 5.51. The Hall–Kier alpha value is -1.14. The first-order chi connectivity index (χ1) is 8.15. The van der Waals surface area contributed by atoms with E-state index in [0.29, 0.717) is 26.1 Å². The van der Waals surface area contributed by atoms with Gasteiger partial charge in [-0.25, -0.2) is 0 Å². The first-order valence-electron chi connectivity index (χ1n) is 5.99. The number of rotatable bonds is 3. The fraction of sp³-hybridized carbons (Fsp3) is 0.818. The van der Waals surface area contributed by atoms with Crippen molar-refractivity contribution in [2.24, 2.45) is 5.92 Å². The van der Waals surface area contributed by atoms with Crippen LogP contribution in [0.2, 0.25) is 0 Å². The first kappa shape index (κ1) is 12.3. The highest BCUT2D eigenvalue weighted by atomic mass is 16.5. The zero-order valence-corrected chi connectivity index (χ0v) is 10.1. The van der Waals surface area contributed by atoms with Gasteiger partial charge in [-0.05, 0) is 7.05 Å². The van der Waals surface area contributed by atoms with Gasteiger partial charge in [-0.2, -0.15) is 0 Å². The van der Waals surface area contributed by atoms with Crippen LogP contribution in [-0.4, -0.2) is 62.7 Å². The molecule has 96 valence electrons. The van der Waals surface area contributed by atoms with E-state index in [1.54, 1.807) is 0 Å². The van der Waals surface area contributed by atoms with Gasteiger partial charge < -0.3 is 20.3 Å². The monoisotopic (exact) mass is 241 g/mol. The Morgan fingerprint density at radius 2 is 2.47 bits per heavy atom. The van der Waals surface area contributed by atoms with Crippen LogP contribution in [-0.2, 0) is 14.3 Å². The molecule has 0 aromatic heterocycles. The second-order valence-electron chi connectivity index (χ2n) is 4.71. The Labute approximate surface area is 101 Å². The molecule has 2 rings (SSSR count). The summed E-state index contributed by atoms with van der Waals surface area (Å²) < 4.78 is 5.54. The third-order valence-electron chi connectivity index (χ3n) is 3.19. The van der Waals surface area contributed by atoms with Crippen molar-refractivity contribution in [3.8, 4) is 0 Å². The summed E-state index contributed by atoms with van der Waals surface area (Å²) in [5.41, 5.74) is 0. The van der Waals surface area contributed by atoms with Crippen molar-refractivity contribution >= 4 is 11.8 Å². The molecule has 6 nitrogen and oxygen atoms in total. The lowest BCUT2D eigenvalue weighted by Gasteiger charge is -2.30. The number of nitrogens with zero attached hydrogens (tertiary/aromatic N) is 1. The maximum atomic E-state index is 11.7. The number of nitrogens with one attached hydrogen (secondary N) is 2. The fourth-order valence-corrected chi connectivity index (χ4v) is 2.14. The number of likely N-dealkylation sites (N-methyl/N-ethyl adjacent to an activating group) is 1. The largest absolute Gasteiger partial charge is 0.374 e. The summed E-state index contributed by atoms with van der Waals surface area (Å²) in [6, 6.07) is 0. The topological polar surface area (TPSA) is 70.7 Å². The van der Waals surface area contributed by atoms with E-state index in [-0.39, 0.29) is 23.8 Å². The molecular formula is C11H19N3O3. The van der Waals surface area contributed by atoms with Crippen LogP contribution in [0.5, 0.6) is 0 Å². The third-order valence-corrected chi connectivity index (χ3v) is 3.19. The molecule has 0 aromatic carbocycles. The second-order valence-corrected chi connectivity index (χ2v) is 4.71. The van der Waals surface area contributed by atoms with Crippen molar-refractivity contribution in [2.45, 2.75) is 12.5 Å². The van der Waals surface area contributed by atoms with Gasteiger partial charge in [0.15, 0.2) is 0 Å². The van der Waals surface area contributed by atoms with Gasteiger partial charge in [0.05, 0.1) is 18.6 Å². The summed E-state index contributed by atoms with van der Waals surface area (Å²) in [5.74, 6) is -0.317. The molecule has 2 unspecified atom stereocenters. The van der Waals surface area contributed by atoms with Crippen LogP contribution in [0, 0.1) is 5.92 Å². The van der Waals surface area contributed by atoms with Crippen LogP contribution in [0.3, 0.4) is 0 Å². The maximum absolute atomic E-state index is 11.7. The molecule has 2 heterocycles. The van der Waals surface area contributed by atoms with Crippen LogP contribution in [0.1, 0.15) is 6.42 Å². The van der Waals surface area contributed by atoms with E-state index in [1.165, 1.54) is 0 Å². The summed E-state index contributed by atoms with van der Waals surface area (Å²) >= 11 is 0. The first-order valence-corrected chi connectivity index (χ1v) is 5.99. The van der Waals surface area contributed by atoms with Crippen molar-refractivity contribution in [2.75, 3.05) is 39.8 Å². The number of hydrogen-bond acceptors (Lipinski definition) is 4. The predicted octanol–water partition coefficient (Wildman–Crippen LogP) is -1.43. The van der Waals surface area contributed by atoms with E-state index >= 15 is 0 Å². The molecule has 2 amide bonds. The fourth-order valence-electron chi connectivity index (χ4n) is 2.14. The predicted molar refractivity (Wildman–Crippen MR) is 61.4 cm³/mol. The molecule has 2 saturated heterocycles. The highest BCUT2D eigenvalue weighted by molar-refractivity contribution is 5.89. The smallest absolute Gasteiger partial charge is 0.225 e. The summed E-state index contributed by atoms with van der Waals surface area (Å²) in [4.78, 5) is 24.9. The van der Waals surface area contributed by atoms with Gasteiger partial charge in [0.2, 0.25) is 11.8 Å². The molecule has 0 spiro atoms. The van der Waals surface area contributed by atoms with Crippen molar-refractivity contribution in [1.29, 1.82) is 0 Å². The quantitative estimate of drug-likeness (QED) is 0.635. The zero-order chi connectivity index (χ0) is 12.3. The van der Waals surface area contributed by atoms with Crippen LogP contribution in [0.15, 0.2) is 0 Å². The number of amides is 2.